The number of carbonyl (C=O) groups is 1. The molecule has 0 aliphatic carbocycles. The first-order chi connectivity index (χ1) is 9.29. The highest BCUT2D eigenvalue weighted by Crippen LogP contribution is 2.25. The van der Waals surface area contributed by atoms with Gasteiger partial charge in [-0.05, 0) is 12.8 Å². The van der Waals surface area contributed by atoms with Crippen molar-refractivity contribution in [3.8, 4) is 5.88 Å². The number of carbonyl (C=O) groups excluding carboxylic acids is 1. The van der Waals surface area contributed by atoms with Crippen LogP contribution in [0.2, 0.25) is 0 Å². The Bertz CT molecular complexity index is 615. The van der Waals surface area contributed by atoms with Gasteiger partial charge < -0.3 is 9.64 Å². The molecule has 0 atom stereocenters. The topological polar surface area (TPSA) is 84.0 Å². The standard InChI is InChI=1S/C12H13N5O2.HI/c1-19-11-7-13-5-9(15-11)12(18)17-4-2-3-8-10(17)6-14-16-8;/h5-7H,2-4H2,1H3,(H,14,16);1H. The molecule has 1 aliphatic rings. The van der Waals surface area contributed by atoms with Crippen molar-refractivity contribution in [1.82, 2.24) is 20.2 Å². The predicted molar refractivity (Wildman–Crippen MR) is 82.6 cm³/mol. The maximum atomic E-state index is 12.5. The van der Waals surface area contributed by atoms with E-state index in [4.69, 9.17) is 4.74 Å². The Hall–Kier alpha value is -1.71. The largest absolute Gasteiger partial charge is 0.480 e. The zero-order valence-corrected chi connectivity index (χ0v) is 13.2. The van der Waals surface area contributed by atoms with Crippen LogP contribution in [0.4, 0.5) is 5.69 Å². The van der Waals surface area contributed by atoms with Crippen LogP contribution in [0, 0.1) is 0 Å². The number of hydrogen-bond acceptors (Lipinski definition) is 5. The number of halogens is 1. The van der Waals surface area contributed by atoms with E-state index >= 15 is 0 Å². The molecule has 0 saturated carbocycles. The van der Waals surface area contributed by atoms with Crippen molar-refractivity contribution in [3.63, 3.8) is 0 Å². The lowest BCUT2D eigenvalue weighted by Crippen LogP contribution is -2.35. The highest BCUT2D eigenvalue weighted by Gasteiger charge is 2.26. The van der Waals surface area contributed by atoms with Gasteiger partial charge in [0.2, 0.25) is 5.88 Å². The zero-order valence-electron chi connectivity index (χ0n) is 10.9. The molecule has 20 heavy (non-hydrogen) atoms. The number of nitrogens with one attached hydrogen (secondary N) is 1. The fourth-order valence-corrected chi connectivity index (χ4v) is 2.16. The number of H-pyrrole nitrogens is 1. The second kappa shape index (κ2) is 6.16. The van der Waals surface area contributed by atoms with Crippen molar-refractivity contribution in [2.24, 2.45) is 0 Å². The van der Waals surface area contributed by atoms with E-state index in [1.807, 2.05) is 0 Å². The minimum atomic E-state index is -0.186. The third-order valence-electron chi connectivity index (χ3n) is 3.08. The van der Waals surface area contributed by atoms with Crippen LogP contribution in [-0.2, 0) is 6.42 Å². The van der Waals surface area contributed by atoms with Gasteiger partial charge in [-0.15, -0.1) is 24.0 Å². The summed E-state index contributed by atoms with van der Waals surface area (Å²) >= 11 is 0. The number of fused-ring (bicyclic) bond motifs is 1. The maximum Gasteiger partial charge on any atom is 0.278 e. The lowest BCUT2D eigenvalue weighted by Gasteiger charge is -2.25. The van der Waals surface area contributed by atoms with Crippen molar-refractivity contribution < 1.29 is 9.53 Å². The number of methoxy groups -OCH3 is 1. The SMILES string of the molecule is COc1cncc(C(=O)N2CCCc3[nH]ncc32)n1.I. The summed E-state index contributed by atoms with van der Waals surface area (Å²) in [6.07, 6.45) is 6.39. The number of amides is 1. The Morgan fingerprint density at radius 2 is 2.25 bits per heavy atom. The highest BCUT2D eigenvalue weighted by atomic mass is 127. The fourth-order valence-electron chi connectivity index (χ4n) is 2.16. The van der Waals surface area contributed by atoms with Gasteiger partial charge in [-0.2, -0.15) is 5.10 Å². The number of aryl methyl sites for hydroxylation is 1. The molecule has 0 radical (unpaired) electrons. The molecule has 1 aliphatic heterocycles. The van der Waals surface area contributed by atoms with Crippen molar-refractivity contribution in [1.29, 1.82) is 0 Å². The monoisotopic (exact) mass is 387 g/mol. The van der Waals surface area contributed by atoms with E-state index in [1.165, 1.54) is 19.5 Å². The van der Waals surface area contributed by atoms with Crippen LogP contribution in [0.3, 0.4) is 0 Å². The molecule has 0 spiro atoms. The second-order valence-corrected chi connectivity index (χ2v) is 4.24. The van der Waals surface area contributed by atoms with Crippen LogP contribution in [0.15, 0.2) is 18.6 Å². The minimum absolute atomic E-state index is 0. The molecule has 0 fully saturated rings. The van der Waals surface area contributed by atoms with Crippen LogP contribution in [0.25, 0.3) is 0 Å². The number of nitrogens with zero attached hydrogens (tertiary/aromatic N) is 4. The number of hydrogen-bond donors (Lipinski definition) is 1. The number of anilines is 1. The lowest BCUT2D eigenvalue weighted by atomic mass is 10.1. The Labute approximate surface area is 132 Å². The molecule has 2 aromatic heterocycles. The molecule has 7 nitrogen and oxygen atoms in total. The van der Waals surface area contributed by atoms with E-state index in [1.54, 1.807) is 11.1 Å². The van der Waals surface area contributed by atoms with E-state index in [0.29, 0.717) is 12.4 Å². The van der Waals surface area contributed by atoms with E-state index in [-0.39, 0.29) is 35.6 Å². The van der Waals surface area contributed by atoms with Crippen LogP contribution >= 0.6 is 24.0 Å². The van der Waals surface area contributed by atoms with Crippen molar-refractivity contribution in [3.05, 3.63) is 30.0 Å². The van der Waals surface area contributed by atoms with Crippen LogP contribution < -0.4 is 9.64 Å². The molecule has 0 unspecified atom stereocenters. The lowest BCUT2D eigenvalue weighted by molar-refractivity contribution is 0.0979. The molecule has 1 N–H and O–H groups in total. The number of aromatic nitrogens is 4. The summed E-state index contributed by atoms with van der Waals surface area (Å²) < 4.78 is 4.98. The third-order valence-corrected chi connectivity index (χ3v) is 3.08. The van der Waals surface area contributed by atoms with Crippen LogP contribution in [0.5, 0.6) is 5.88 Å². The molecular weight excluding hydrogens is 373 g/mol. The maximum absolute atomic E-state index is 12.5. The number of rotatable bonds is 2. The molecule has 0 aromatic carbocycles. The molecule has 3 rings (SSSR count). The van der Waals surface area contributed by atoms with Gasteiger partial charge in [-0.3, -0.25) is 14.9 Å². The van der Waals surface area contributed by atoms with Gasteiger partial charge in [0, 0.05) is 6.54 Å². The quantitative estimate of drug-likeness (QED) is 0.789. The van der Waals surface area contributed by atoms with E-state index in [9.17, 15) is 4.79 Å². The van der Waals surface area contributed by atoms with E-state index in [2.05, 4.69) is 20.2 Å². The first-order valence-corrected chi connectivity index (χ1v) is 5.99. The summed E-state index contributed by atoms with van der Waals surface area (Å²) in [7, 11) is 1.49. The number of aromatic amines is 1. The molecule has 0 saturated heterocycles. The summed E-state index contributed by atoms with van der Waals surface area (Å²) in [5.41, 5.74) is 2.07. The van der Waals surface area contributed by atoms with Gasteiger partial charge >= 0.3 is 0 Å². The van der Waals surface area contributed by atoms with Gasteiger partial charge in [-0.25, -0.2) is 4.98 Å². The molecule has 0 bridgehead atoms. The molecule has 1 amide bonds. The van der Waals surface area contributed by atoms with Gasteiger partial charge in [0.1, 0.15) is 0 Å². The molecule has 3 heterocycles. The van der Waals surface area contributed by atoms with Gasteiger partial charge in [0.25, 0.3) is 5.91 Å². The summed E-state index contributed by atoms with van der Waals surface area (Å²) in [6, 6.07) is 0. The van der Waals surface area contributed by atoms with E-state index in [0.717, 1.165) is 24.2 Å². The Morgan fingerprint density at radius 1 is 1.40 bits per heavy atom. The van der Waals surface area contributed by atoms with E-state index < -0.39 is 0 Å². The average Bonchev–Trinajstić information content (AvgIpc) is 2.95. The summed E-state index contributed by atoms with van der Waals surface area (Å²) in [5, 5.41) is 6.90. The van der Waals surface area contributed by atoms with Gasteiger partial charge in [0.05, 0.1) is 37.1 Å². The Balaban J connectivity index is 0.00000147. The van der Waals surface area contributed by atoms with Crippen molar-refractivity contribution >= 4 is 35.6 Å². The van der Waals surface area contributed by atoms with Crippen molar-refractivity contribution in [2.45, 2.75) is 12.8 Å². The molecule has 106 valence electrons. The highest BCUT2D eigenvalue weighted by molar-refractivity contribution is 14.0. The first-order valence-electron chi connectivity index (χ1n) is 5.99. The first kappa shape index (κ1) is 14.7. The summed E-state index contributed by atoms with van der Waals surface area (Å²) in [6.45, 7) is 0.657. The zero-order chi connectivity index (χ0) is 13.2. The van der Waals surface area contributed by atoms with Gasteiger partial charge in [0.15, 0.2) is 5.69 Å². The Morgan fingerprint density at radius 3 is 3.05 bits per heavy atom. The fraction of sp³-hybridized carbons (Fsp3) is 0.333. The minimum Gasteiger partial charge on any atom is -0.480 e. The normalized spacial score (nSPS) is 13.3. The smallest absolute Gasteiger partial charge is 0.278 e. The number of ether oxygens (including phenoxy) is 1. The molecular formula is C12H14IN5O2. The van der Waals surface area contributed by atoms with Crippen LogP contribution in [-0.4, -0.2) is 39.7 Å². The molecule has 2 aromatic rings. The Kier molecular flexibility index (Phi) is 4.53. The third kappa shape index (κ3) is 2.60. The van der Waals surface area contributed by atoms with Gasteiger partial charge in [-0.1, -0.05) is 0 Å². The predicted octanol–water partition coefficient (Wildman–Crippen LogP) is 1.42. The summed E-state index contributed by atoms with van der Waals surface area (Å²) in [5.74, 6) is 0.143. The van der Waals surface area contributed by atoms with Crippen molar-refractivity contribution in [2.75, 3.05) is 18.6 Å². The average molecular weight is 387 g/mol. The molecule has 8 heteroatoms. The van der Waals surface area contributed by atoms with Crippen LogP contribution in [0.1, 0.15) is 22.6 Å². The summed E-state index contributed by atoms with van der Waals surface area (Å²) in [4.78, 5) is 22.2. The second-order valence-electron chi connectivity index (χ2n) is 4.24.